The number of carboxylic acid groups (broad SMARTS) is 1. The van der Waals surface area contributed by atoms with Crippen molar-refractivity contribution in [1.29, 1.82) is 0 Å². The van der Waals surface area contributed by atoms with Crippen LogP contribution in [0.3, 0.4) is 0 Å². The Balaban J connectivity index is 2.31. The Bertz CT molecular complexity index is 643. The third-order valence-electron chi connectivity index (χ3n) is 3.07. The molecule has 100 valence electrons. The number of hydrogen-bond donors (Lipinski definition) is 3. The maximum absolute atomic E-state index is 12.2. The van der Waals surface area contributed by atoms with Crippen LogP contribution in [-0.2, 0) is 4.79 Å². The van der Waals surface area contributed by atoms with Gasteiger partial charge in [-0.1, -0.05) is 12.1 Å². The molecule has 1 heterocycles. The molecule has 1 aromatic heterocycles. The first-order valence-electron chi connectivity index (χ1n) is 6.08. The highest BCUT2D eigenvalue weighted by Gasteiger charge is 2.17. The van der Waals surface area contributed by atoms with Crippen molar-refractivity contribution in [1.82, 2.24) is 10.3 Å². The first kappa shape index (κ1) is 13.1. The smallest absolute Gasteiger partial charge is 0.305 e. The van der Waals surface area contributed by atoms with Gasteiger partial charge < -0.3 is 15.4 Å². The standard InChI is InChI=1S/C14H16N2O3/c1-8-4-3-5-10-12(8)13(9(2)16-10)14(19)15-7-6-11(17)18/h3-5,16H,6-7H2,1-2H3,(H,15,19)(H,17,18). The van der Waals surface area contributed by atoms with Gasteiger partial charge in [-0.15, -0.1) is 0 Å². The van der Waals surface area contributed by atoms with Crippen LogP contribution in [0.1, 0.15) is 28.0 Å². The van der Waals surface area contributed by atoms with Crippen LogP contribution in [0, 0.1) is 13.8 Å². The predicted octanol–water partition coefficient (Wildman–Crippen LogP) is 1.99. The molecule has 0 saturated heterocycles. The number of fused-ring (bicyclic) bond motifs is 1. The van der Waals surface area contributed by atoms with Gasteiger partial charge in [-0.25, -0.2) is 0 Å². The molecule has 5 nitrogen and oxygen atoms in total. The van der Waals surface area contributed by atoms with Crippen LogP contribution in [0.2, 0.25) is 0 Å². The summed E-state index contributed by atoms with van der Waals surface area (Å²) in [6, 6.07) is 5.80. The minimum atomic E-state index is -0.924. The number of carboxylic acids is 1. The minimum absolute atomic E-state index is 0.0773. The lowest BCUT2D eigenvalue weighted by atomic mass is 10.1. The lowest BCUT2D eigenvalue weighted by Crippen LogP contribution is -2.26. The molecule has 19 heavy (non-hydrogen) atoms. The highest BCUT2D eigenvalue weighted by atomic mass is 16.4. The summed E-state index contributed by atoms with van der Waals surface area (Å²) in [5.41, 5.74) is 3.32. The van der Waals surface area contributed by atoms with E-state index in [0.29, 0.717) is 5.56 Å². The molecule has 0 bridgehead atoms. The maximum Gasteiger partial charge on any atom is 0.305 e. The molecule has 2 rings (SSSR count). The van der Waals surface area contributed by atoms with E-state index in [9.17, 15) is 9.59 Å². The van der Waals surface area contributed by atoms with Crippen molar-refractivity contribution in [2.75, 3.05) is 6.54 Å². The van der Waals surface area contributed by atoms with Crippen LogP contribution in [0.15, 0.2) is 18.2 Å². The number of amides is 1. The summed E-state index contributed by atoms with van der Waals surface area (Å²) < 4.78 is 0. The summed E-state index contributed by atoms with van der Waals surface area (Å²) in [7, 11) is 0. The number of aromatic nitrogens is 1. The van der Waals surface area contributed by atoms with Gasteiger partial charge >= 0.3 is 5.97 Å². The molecule has 0 atom stereocenters. The van der Waals surface area contributed by atoms with Crippen molar-refractivity contribution < 1.29 is 14.7 Å². The molecule has 0 aliphatic rings. The second kappa shape index (κ2) is 5.14. The third kappa shape index (κ3) is 2.59. The van der Waals surface area contributed by atoms with Crippen molar-refractivity contribution >= 4 is 22.8 Å². The number of aryl methyl sites for hydroxylation is 2. The van der Waals surface area contributed by atoms with Crippen molar-refractivity contribution in [3.63, 3.8) is 0 Å². The van der Waals surface area contributed by atoms with E-state index < -0.39 is 5.97 Å². The number of aromatic amines is 1. The van der Waals surface area contributed by atoms with Gasteiger partial charge in [0.1, 0.15) is 0 Å². The van der Waals surface area contributed by atoms with Crippen molar-refractivity contribution in [3.8, 4) is 0 Å². The van der Waals surface area contributed by atoms with Gasteiger partial charge in [-0.3, -0.25) is 9.59 Å². The number of hydrogen-bond acceptors (Lipinski definition) is 2. The van der Waals surface area contributed by atoms with Gasteiger partial charge in [-0.05, 0) is 25.5 Å². The number of benzene rings is 1. The zero-order valence-corrected chi connectivity index (χ0v) is 10.9. The average molecular weight is 260 g/mol. The Hall–Kier alpha value is -2.30. The molecule has 5 heteroatoms. The highest BCUT2D eigenvalue weighted by molar-refractivity contribution is 6.09. The van der Waals surface area contributed by atoms with Crippen LogP contribution in [-0.4, -0.2) is 28.5 Å². The Morgan fingerprint density at radius 3 is 2.74 bits per heavy atom. The number of carbonyl (C=O) groups excluding carboxylic acids is 1. The van der Waals surface area contributed by atoms with E-state index in [2.05, 4.69) is 10.3 Å². The number of rotatable bonds is 4. The number of H-pyrrole nitrogens is 1. The largest absolute Gasteiger partial charge is 0.481 e. The summed E-state index contributed by atoms with van der Waals surface area (Å²) in [4.78, 5) is 25.8. The molecule has 0 unspecified atom stereocenters. The van der Waals surface area contributed by atoms with Gasteiger partial charge in [0.15, 0.2) is 0 Å². The van der Waals surface area contributed by atoms with E-state index >= 15 is 0 Å². The first-order chi connectivity index (χ1) is 9.00. The summed E-state index contributed by atoms with van der Waals surface area (Å²) in [5.74, 6) is -1.16. The monoisotopic (exact) mass is 260 g/mol. The molecule has 0 spiro atoms. The Morgan fingerprint density at radius 2 is 2.05 bits per heavy atom. The van der Waals surface area contributed by atoms with Crippen LogP contribution >= 0.6 is 0 Å². The fourth-order valence-electron chi connectivity index (χ4n) is 2.21. The van der Waals surface area contributed by atoms with E-state index in [4.69, 9.17) is 5.11 Å². The molecule has 0 fully saturated rings. The first-order valence-corrected chi connectivity index (χ1v) is 6.08. The average Bonchev–Trinajstić information content (AvgIpc) is 2.66. The molecular weight excluding hydrogens is 244 g/mol. The second-order valence-electron chi connectivity index (χ2n) is 4.52. The number of carbonyl (C=O) groups is 2. The normalized spacial score (nSPS) is 10.6. The zero-order chi connectivity index (χ0) is 14.0. The number of nitrogens with one attached hydrogen (secondary N) is 2. The summed E-state index contributed by atoms with van der Waals surface area (Å²) >= 11 is 0. The Morgan fingerprint density at radius 1 is 1.32 bits per heavy atom. The van der Waals surface area contributed by atoms with Gasteiger partial charge in [0, 0.05) is 23.1 Å². The van der Waals surface area contributed by atoms with Crippen LogP contribution in [0.5, 0.6) is 0 Å². The van der Waals surface area contributed by atoms with Crippen molar-refractivity contribution in [3.05, 3.63) is 35.0 Å². The van der Waals surface area contributed by atoms with Crippen LogP contribution in [0.4, 0.5) is 0 Å². The minimum Gasteiger partial charge on any atom is -0.481 e. The maximum atomic E-state index is 12.2. The molecule has 0 radical (unpaired) electrons. The molecule has 0 aliphatic carbocycles. The lowest BCUT2D eigenvalue weighted by Gasteiger charge is -2.05. The van der Waals surface area contributed by atoms with Crippen molar-refractivity contribution in [2.24, 2.45) is 0 Å². The molecule has 1 amide bonds. The summed E-state index contributed by atoms with van der Waals surface area (Å²) in [5, 5.41) is 12.1. The molecule has 1 aromatic carbocycles. The van der Waals surface area contributed by atoms with Gasteiger partial charge in [-0.2, -0.15) is 0 Å². The highest BCUT2D eigenvalue weighted by Crippen LogP contribution is 2.25. The van der Waals surface area contributed by atoms with Gasteiger partial charge in [0.2, 0.25) is 0 Å². The topological polar surface area (TPSA) is 82.2 Å². The molecule has 3 N–H and O–H groups in total. The molecule has 0 aliphatic heterocycles. The number of aliphatic carboxylic acids is 1. The quantitative estimate of drug-likeness (QED) is 0.786. The zero-order valence-electron chi connectivity index (χ0n) is 10.9. The predicted molar refractivity (Wildman–Crippen MR) is 72.4 cm³/mol. The van der Waals surface area contributed by atoms with Crippen LogP contribution in [0.25, 0.3) is 10.9 Å². The molecular formula is C14H16N2O3. The van der Waals surface area contributed by atoms with Crippen LogP contribution < -0.4 is 5.32 Å². The van der Waals surface area contributed by atoms with Gasteiger partial charge in [0.25, 0.3) is 5.91 Å². The summed E-state index contributed by atoms with van der Waals surface area (Å²) in [6.45, 7) is 3.92. The van der Waals surface area contributed by atoms with Gasteiger partial charge in [0.05, 0.1) is 12.0 Å². The van der Waals surface area contributed by atoms with E-state index in [1.165, 1.54) is 0 Å². The van der Waals surface area contributed by atoms with E-state index in [1.54, 1.807) is 0 Å². The van der Waals surface area contributed by atoms with E-state index in [1.807, 2.05) is 32.0 Å². The SMILES string of the molecule is Cc1[nH]c2cccc(C)c2c1C(=O)NCCC(=O)O. The third-order valence-corrected chi connectivity index (χ3v) is 3.07. The molecule has 2 aromatic rings. The fraction of sp³-hybridized carbons (Fsp3) is 0.286. The van der Waals surface area contributed by atoms with Crippen molar-refractivity contribution in [2.45, 2.75) is 20.3 Å². The second-order valence-corrected chi connectivity index (χ2v) is 4.52. The Kier molecular flexibility index (Phi) is 3.55. The summed E-state index contributed by atoms with van der Waals surface area (Å²) in [6.07, 6.45) is -0.0773. The lowest BCUT2D eigenvalue weighted by molar-refractivity contribution is -0.136. The van der Waals surface area contributed by atoms with E-state index in [0.717, 1.165) is 22.2 Å². The van der Waals surface area contributed by atoms with E-state index in [-0.39, 0.29) is 18.9 Å². The Labute approximate surface area is 110 Å². The molecule has 0 saturated carbocycles. The fourth-order valence-corrected chi connectivity index (χ4v) is 2.21.